The lowest BCUT2D eigenvalue weighted by Gasteiger charge is -2.46. The first-order valence-electron chi connectivity index (χ1n) is 5.83. The van der Waals surface area contributed by atoms with Gasteiger partial charge in [-0.25, -0.2) is 0 Å². The summed E-state index contributed by atoms with van der Waals surface area (Å²) in [6.07, 6.45) is 2.97. The largest absolute Gasteiger partial charge is 0.347 e. The molecule has 2 saturated heterocycles. The van der Waals surface area contributed by atoms with Crippen LogP contribution in [-0.2, 0) is 18.9 Å². The van der Waals surface area contributed by atoms with Crippen LogP contribution >= 0.6 is 0 Å². The summed E-state index contributed by atoms with van der Waals surface area (Å²) in [5, 5.41) is 0. The van der Waals surface area contributed by atoms with Gasteiger partial charge in [0.2, 0.25) is 0 Å². The van der Waals surface area contributed by atoms with E-state index in [2.05, 4.69) is 6.92 Å². The fourth-order valence-corrected chi connectivity index (χ4v) is 3.08. The Morgan fingerprint density at radius 1 is 0.800 bits per heavy atom. The summed E-state index contributed by atoms with van der Waals surface area (Å²) in [7, 11) is 0. The highest BCUT2D eigenvalue weighted by atomic mass is 16.8. The first-order valence-corrected chi connectivity index (χ1v) is 5.83. The van der Waals surface area contributed by atoms with Crippen LogP contribution in [-0.4, -0.2) is 38.0 Å². The number of ether oxygens (including phenoxy) is 4. The zero-order chi connectivity index (χ0) is 10.4. The molecule has 0 bridgehead atoms. The fourth-order valence-electron chi connectivity index (χ4n) is 3.08. The van der Waals surface area contributed by atoms with Gasteiger partial charge < -0.3 is 18.9 Å². The van der Waals surface area contributed by atoms with Gasteiger partial charge in [0.25, 0.3) is 0 Å². The molecule has 0 N–H and O–H groups in total. The second-order valence-corrected chi connectivity index (χ2v) is 4.59. The minimum absolute atomic E-state index is 0.156. The summed E-state index contributed by atoms with van der Waals surface area (Å²) in [6, 6.07) is 0. The lowest BCUT2D eigenvalue weighted by atomic mass is 9.79. The molecule has 3 aliphatic rings. The Labute approximate surface area is 89.8 Å². The molecule has 0 radical (unpaired) electrons. The first-order chi connectivity index (χ1) is 7.28. The maximum atomic E-state index is 5.80. The summed E-state index contributed by atoms with van der Waals surface area (Å²) >= 11 is 0. The molecular formula is C11H18O4. The fraction of sp³-hybridized carbons (Fsp3) is 1.00. The van der Waals surface area contributed by atoms with Crippen LogP contribution in [0.3, 0.4) is 0 Å². The van der Waals surface area contributed by atoms with Crippen molar-refractivity contribution < 1.29 is 18.9 Å². The highest BCUT2D eigenvalue weighted by Gasteiger charge is 2.58. The zero-order valence-electron chi connectivity index (χ0n) is 9.16. The minimum Gasteiger partial charge on any atom is -0.347 e. The van der Waals surface area contributed by atoms with Gasteiger partial charge >= 0.3 is 0 Å². The predicted octanol–water partition coefficient (Wildman–Crippen LogP) is 1.29. The molecule has 4 heteroatoms. The third-order valence-electron chi connectivity index (χ3n) is 3.92. The SMILES string of the molecule is CC1C2(CCCC13OCCO3)OCCO2. The van der Waals surface area contributed by atoms with Crippen LogP contribution < -0.4 is 0 Å². The molecule has 15 heavy (non-hydrogen) atoms. The minimum atomic E-state index is -0.442. The molecule has 1 aliphatic carbocycles. The van der Waals surface area contributed by atoms with Crippen molar-refractivity contribution in [1.29, 1.82) is 0 Å². The molecule has 0 aromatic rings. The Balaban J connectivity index is 1.86. The molecule has 2 spiro atoms. The third-order valence-corrected chi connectivity index (χ3v) is 3.92. The van der Waals surface area contributed by atoms with E-state index in [-0.39, 0.29) is 5.92 Å². The first kappa shape index (κ1) is 10.0. The van der Waals surface area contributed by atoms with E-state index in [0.29, 0.717) is 26.4 Å². The second kappa shape index (κ2) is 3.42. The Bertz CT molecular complexity index is 217. The van der Waals surface area contributed by atoms with Crippen LogP contribution in [0.15, 0.2) is 0 Å². The highest BCUT2D eigenvalue weighted by Crippen LogP contribution is 2.49. The van der Waals surface area contributed by atoms with Gasteiger partial charge in [-0.3, -0.25) is 0 Å². The van der Waals surface area contributed by atoms with Crippen molar-refractivity contribution in [1.82, 2.24) is 0 Å². The van der Waals surface area contributed by atoms with E-state index in [1.54, 1.807) is 0 Å². The molecule has 3 fully saturated rings. The molecule has 0 unspecified atom stereocenters. The van der Waals surface area contributed by atoms with E-state index in [0.717, 1.165) is 19.3 Å². The van der Waals surface area contributed by atoms with Gasteiger partial charge in [0.15, 0.2) is 11.6 Å². The number of hydrogen-bond acceptors (Lipinski definition) is 4. The molecule has 1 saturated carbocycles. The van der Waals surface area contributed by atoms with Gasteiger partial charge in [-0.05, 0) is 6.42 Å². The molecule has 4 nitrogen and oxygen atoms in total. The Morgan fingerprint density at radius 2 is 1.20 bits per heavy atom. The monoisotopic (exact) mass is 214 g/mol. The lowest BCUT2D eigenvalue weighted by Crippen LogP contribution is -2.55. The van der Waals surface area contributed by atoms with E-state index in [1.165, 1.54) is 0 Å². The molecule has 0 amide bonds. The summed E-state index contributed by atoms with van der Waals surface area (Å²) in [6.45, 7) is 4.90. The maximum absolute atomic E-state index is 5.80. The quantitative estimate of drug-likeness (QED) is 0.609. The normalized spacial score (nSPS) is 34.2. The van der Waals surface area contributed by atoms with Gasteiger partial charge in [-0.1, -0.05) is 6.92 Å². The lowest BCUT2D eigenvalue weighted by molar-refractivity contribution is -0.312. The number of hydrogen-bond donors (Lipinski definition) is 0. The van der Waals surface area contributed by atoms with Gasteiger partial charge in [0.1, 0.15) is 0 Å². The summed E-state index contributed by atoms with van der Waals surface area (Å²) in [4.78, 5) is 0. The van der Waals surface area contributed by atoms with Crippen molar-refractivity contribution in [3.63, 3.8) is 0 Å². The zero-order valence-corrected chi connectivity index (χ0v) is 9.16. The second-order valence-electron chi connectivity index (χ2n) is 4.59. The number of rotatable bonds is 0. The van der Waals surface area contributed by atoms with Crippen molar-refractivity contribution in [2.75, 3.05) is 26.4 Å². The van der Waals surface area contributed by atoms with E-state index < -0.39 is 11.6 Å². The van der Waals surface area contributed by atoms with E-state index in [9.17, 15) is 0 Å². The molecular weight excluding hydrogens is 196 g/mol. The topological polar surface area (TPSA) is 36.9 Å². The van der Waals surface area contributed by atoms with Crippen molar-refractivity contribution in [3.8, 4) is 0 Å². The molecule has 0 aromatic heterocycles. The summed E-state index contributed by atoms with van der Waals surface area (Å²) < 4.78 is 23.2. The smallest absolute Gasteiger partial charge is 0.176 e. The molecule has 0 aromatic carbocycles. The molecule has 2 aliphatic heterocycles. The average molecular weight is 214 g/mol. The van der Waals surface area contributed by atoms with E-state index in [4.69, 9.17) is 18.9 Å². The Kier molecular flexibility index (Phi) is 2.28. The molecule has 0 atom stereocenters. The van der Waals surface area contributed by atoms with Gasteiger partial charge in [-0.2, -0.15) is 0 Å². The van der Waals surface area contributed by atoms with Gasteiger partial charge in [0, 0.05) is 12.8 Å². The maximum Gasteiger partial charge on any atom is 0.176 e. The van der Waals surface area contributed by atoms with Gasteiger partial charge in [-0.15, -0.1) is 0 Å². The van der Waals surface area contributed by atoms with Crippen molar-refractivity contribution in [3.05, 3.63) is 0 Å². The van der Waals surface area contributed by atoms with Crippen LogP contribution in [0.1, 0.15) is 26.2 Å². The van der Waals surface area contributed by atoms with Crippen molar-refractivity contribution in [2.45, 2.75) is 37.8 Å². The summed E-state index contributed by atoms with van der Waals surface area (Å²) in [5.41, 5.74) is 0. The van der Waals surface area contributed by atoms with Crippen LogP contribution in [0.25, 0.3) is 0 Å². The molecule has 2 heterocycles. The van der Waals surface area contributed by atoms with Crippen molar-refractivity contribution in [2.24, 2.45) is 5.92 Å². The highest BCUT2D eigenvalue weighted by molar-refractivity contribution is 4.96. The average Bonchev–Trinajstić information content (AvgIpc) is 2.86. The van der Waals surface area contributed by atoms with Crippen LogP contribution in [0.4, 0.5) is 0 Å². The third kappa shape index (κ3) is 1.35. The Hall–Kier alpha value is -0.160. The van der Waals surface area contributed by atoms with Crippen LogP contribution in [0.5, 0.6) is 0 Å². The predicted molar refractivity (Wildman–Crippen MR) is 52.3 cm³/mol. The molecule has 3 rings (SSSR count). The Morgan fingerprint density at radius 3 is 1.60 bits per heavy atom. The van der Waals surface area contributed by atoms with Crippen LogP contribution in [0, 0.1) is 5.92 Å². The standard InChI is InChI=1S/C11H18O4/c1-9-10(12-5-6-13-10)3-2-4-11(9)14-7-8-15-11/h9H,2-8H2,1H3. The molecule has 86 valence electrons. The summed E-state index contributed by atoms with van der Waals surface area (Å²) in [5.74, 6) is -0.728. The van der Waals surface area contributed by atoms with E-state index >= 15 is 0 Å². The van der Waals surface area contributed by atoms with Gasteiger partial charge in [0.05, 0.1) is 32.3 Å². The van der Waals surface area contributed by atoms with E-state index in [1.807, 2.05) is 0 Å². The van der Waals surface area contributed by atoms with Crippen LogP contribution in [0.2, 0.25) is 0 Å². The van der Waals surface area contributed by atoms with Crippen molar-refractivity contribution >= 4 is 0 Å².